The third-order valence-corrected chi connectivity index (χ3v) is 3.86. The van der Waals surface area contributed by atoms with Crippen LogP contribution in [0.3, 0.4) is 0 Å². The SMILES string of the molecule is Cc1ccc(CNc2cc([N+](=O)[O-])c(C)cc2Br)cc1F. The molecule has 0 bridgehead atoms. The van der Waals surface area contributed by atoms with Gasteiger partial charge in [-0.05, 0) is 53.0 Å². The Morgan fingerprint density at radius 2 is 1.95 bits per heavy atom. The van der Waals surface area contributed by atoms with Crippen LogP contribution in [0.1, 0.15) is 16.7 Å². The molecule has 4 nitrogen and oxygen atoms in total. The van der Waals surface area contributed by atoms with Gasteiger partial charge < -0.3 is 5.32 Å². The summed E-state index contributed by atoms with van der Waals surface area (Å²) >= 11 is 3.37. The predicted molar refractivity (Wildman–Crippen MR) is 84.0 cm³/mol. The molecule has 2 aromatic carbocycles. The molecule has 0 radical (unpaired) electrons. The fourth-order valence-corrected chi connectivity index (χ4v) is 2.54. The number of hydrogen-bond acceptors (Lipinski definition) is 3. The number of anilines is 1. The van der Waals surface area contributed by atoms with E-state index < -0.39 is 4.92 Å². The van der Waals surface area contributed by atoms with Gasteiger partial charge in [-0.2, -0.15) is 0 Å². The van der Waals surface area contributed by atoms with Gasteiger partial charge in [-0.3, -0.25) is 10.1 Å². The molecular weight excluding hydrogens is 339 g/mol. The Balaban J connectivity index is 2.21. The van der Waals surface area contributed by atoms with Crippen LogP contribution >= 0.6 is 15.9 Å². The number of nitrogens with zero attached hydrogens (tertiary/aromatic N) is 1. The Hall–Kier alpha value is -1.95. The number of hydrogen-bond donors (Lipinski definition) is 1. The van der Waals surface area contributed by atoms with Crippen molar-refractivity contribution in [3.63, 3.8) is 0 Å². The van der Waals surface area contributed by atoms with E-state index in [0.29, 0.717) is 23.4 Å². The summed E-state index contributed by atoms with van der Waals surface area (Å²) in [5, 5.41) is 14.0. The quantitative estimate of drug-likeness (QED) is 0.639. The molecule has 2 aromatic rings. The molecule has 0 amide bonds. The topological polar surface area (TPSA) is 55.2 Å². The van der Waals surface area contributed by atoms with Gasteiger partial charge in [0.1, 0.15) is 5.82 Å². The molecule has 0 fully saturated rings. The van der Waals surface area contributed by atoms with E-state index in [1.807, 2.05) is 6.07 Å². The van der Waals surface area contributed by atoms with E-state index in [-0.39, 0.29) is 11.5 Å². The summed E-state index contributed by atoms with van der Waals surface area (Å²) in [6.07, 6.45) is 0. The first-order valence-corrected chi connectivity index (χ1v) is 7.11. The van der Waals surface area contributed by atoms with E-state index >= 15 is 0 Å². The van der Waals surface area contributed by atoms with Gasteiger partial charge in [-0.25, -0.2) is 4.39 Å². The normalized spacial score (nSPS) is 10.5. The minimum absolute atomic E-state index is 0.0517. The highest BCUT2D eigenvalue weighted by atomic mass is 79.9. The summed E-state index contributed by atoms with van der Waals surface area (Å²) in [4.78, 5) is 10.5. The zero-order valence-corrected chi connectivity index (χ0v) is 13.2. The maximum atomic E-state index is 13.5. The molecule has 21 heavy (non-hydrogen) atoms. The number of benzene rings is 2. The van der Waals surface area contributed by atoms with Gasteiger partial charge in [0.15, 0.2) is 0 Å². The first kappa shape index (κ1) is 15.4. The highest BCUT2D eigenvalue weighted by Gasteiger charge is 2.14. The second-order valence-electron chi connectivity index (χ2n) is 4.81. The van der Waals surface area contributed by atoms with Crippen molar-refractivity contribution in [2.75, 3.05) is 5.32 Å². The van der Waals surface area contributed by atoms with Gasteiger partial charge in [-0.1, -0.05) is 12.1 Å². The van der Waals surface area contributed by atoms with E-state index in [0.717, 1.165) is 10.0 Å². The first-order valence-electron chi connectivity index (χ1n) is 6.32. The zero-order valence-electron chi connectivity index (χ0n) is 11.6. The van der Waals surface area contributed by atoms with E-state index in [9.17, 15) is 14.5 Å². The number of nitrogens with one attached hydrogen (secondary N) is 1. The number of halogens is 2. The molecule has 6 heteroatoms. The smallest absolute Gasteiger partial charge is 0.274 e. The summed E-state index contributed by atoms with van der Waals surface area (Å²) in [5.74, 6) is -0.261. The maximum absolute atomic E-state index is 13.5. The monoisotopic (exact) mass is 352 g/mol. The van der Waals surface area contributed by atoms with E-state index in [1.165, 1.54) is 12.1 Å². The van der Waals surface area contributed by atoms with Crippen LogP contribution in [0, 0.1) is 29.8 Å². The summed E-state index contributed by atoms with van der Waals surface area (Å²) < 4.78 is 14.2. The van der Waals surface area contributed by atoms with Crippen molar-refractivity contribution in [3.05, 3.63) is 67.4 Å². The van der Waals surface area contributed by atoms with Crippen LogP contribution < -0.4 is 5.32 Å². The summed E-state index contributed by atoms with van der Waals surface area (Å²) in [6, 6.07) is 8.15. The van der Waals surface area contributed by atoms with Gasteiger partial charge in [0.05, 0.1) is 10.6 Å². The van der Waals surface area contributed by atoms with Crippen LogP contribution in [0.2, 0.25) is 0 Å². The van der Waals surface area contributed by atoms with Gasteiger partial charge in [-0.15, -0.1) is 0 Å². The summed E-state index contributed by atoms with van der Waals surface area (Å²) in [6.45, 7) is 3.77. The standard InChI is InChI=1S/C15H14BrFN2O2/c1-9-3-4-11(6-13(9)17)8-18-14-7-15(19(20)21)10(2)5-12(14)16/h3-7,18H,8H2,1-2H3. The molecule has 110 valence electrons. The van der Waals surface area contributed by atoms with Crippen molar-refractivity contribution in [3.8, 4) is 0 Å². The van der Waals surface area contributed by atoms with Crippen molar-refractivity contribution in [1.29, 1.82) is 0 Å². The molecule has 0 saturated heterocycles. The zero-order chi connectivity index (χ0) is 15.6. The van der Waals surface area contributed by atoms with Gasteiger partial charge in [0.25, 0.3) is 5.69 Å². The van der Waals surface area contributed by atoms with Crippen LogP contribution in [0.4, 0.5) is 15.8 Å². The molecule has 0 unspecified atom stereocenters. The fraction of sp³-hybridized carbons (Fsp3) is 0.200. The third-order valence-electron chi connectivity index (χ3n) is 3.20. The molecule has 0 saturated carbocycles. The Morgan fingerprint density at radius 3 is 2.57 bits per heavy atom. The lowest BCUT2D eigenvalue weighted by atomic mass is 10.1. The van der Waals surface area contributed by atoms with Crippen molar-refractivity contribution in [2.24, 2.45) is 0 Å². The van der Waals surface area contributed by atoms with Crippen molar-refractivity contribution in [2.45, 2.75) is 20.4 Å². The highest BCUT2D eigenvalue weighted by molar-refractivity contribution is 9.10. The van der Waals surface area contributed by atoms with Gasteiger partial charge >= 0.3 is 0 Å². The molecule has 0 heterocycles. The average Bonchev–Trinajstić information content (AvgIpc) is 2.41. The second kappa shape index (κ2) is 6.22. The molecule has 0 aliphatic carbocycles. The molecule has 2 rings (SSSR count). The first-order chi connectivity index (χ1) is 9.88. The largest absolute Gasteiger partial charge is 0.380 e. The number of nitro groups is 1. The van der Waals surface area contributed by atoms with Gasteiger partial charge in [0, 0.05) is 22.6 Å². The van der Waals surface area contributed by atoms with Crippen molar-refractivity contribution in [1.82, 2.24) is 0 Å². The molecule has 0 spiro atoms. The minimum Gasteiger partial charge on any atom is -0.380 e. The minimum atomic E-state index is -0.418. The fourth-order valence-electron chi connectivity index (χ4n) is 1.94. The van der Waals surface area contributed by atoms with Crippen LogP contribution in [-0.2, 0) is 6.54 Å². The Labute approximate surface area is 130 Å². The van der Waals surface area contributed by atoms with Crippen LogP contribution in [-0.4, -0.2) is 4.92 Å². The van der Waals surface area contributed by atoms with Crippen LogP contribution in [0.5, 0.6) is 0 Å². The molecule has 1 N–H and O–H groups in total. The third kappa shape index (κ3) is 3.58. The van der Waals surface area contributed by atoms with E-state index in [1.54, 1.807) is 26.0 Å². The Bertz CT molecular complexity index is 704. The summed E-state index contributed by atoms with van der Waals surface area (Å²) in [7, 11) is 0. The lowest BCUT2D eigenvalue weighted by molar-refractivity contribution is -0.385. The van der Waals surface area contributed by atoms with Crippen molar-refractivity contribution < 1.29 is 9.31 Å². The van der Waals surface area contributed by atoms with Crippen molar-refractivity contribution >= 4 is 27.3 Å². The second-order valence-corrected chi connectivity index (χ2v) is 5.67. The maximum Gasteiger partial charge on any atom is 0.274 e. The van der Waals surface area contributed by atoms with Crippen LogP contribution in [0.15, 0.2) is 34.8 Å². The number of aryl methyl sites for hydroxylation is 2. The van der Waals surface area contributed by atoms with Crippen LogP contribution in [0.25, 0.3) is 0 Å². The number of nitro benzene ring substituents is 1. The lowest BCUT2D eigenvalue weighted by Gasteiger charge is -2.10. The molecular formula is C15H14BrFN2O2. The molecule has 0 aromatic heterocycles. The van der Waals surface area contributed by atoms with E-state index in [2.05, 4.69) is 21.2 Å². The Kier molecular flexibility index (Phi) is 4.57. The molecule has 0 aliphatic rings. The predicted octanol–water partition coefficient (Wildman–Crippen LogP) is 4.73. The summed E-state index contributed by atoms with van der Waals surface area (Å²) in [5.41, 5.74) is 2.60. The molecule has 0 atom stereocenters. The van der Waals surface area contributed by atoms with E-state index in [4.69, 9.17) is 0 Å². The molecule has 0 aliphatic heterocycles. The van der Waals surface area contributed by atoms with Gasteiger partial charge in [0.2, 0.25) is 0 Å². The highest BCUT2D eigenvalue weighted by Crippen LogP contribution is 2.31. The Morgan fingerprint density at radius 1 is 1.24 bits per heavy atom. The number of rotatable bonds is 4. The average molecular weight is 353 g/mol. The lowest BCUT2D eigenvalue weighted by Crippen LogP contribution is -2.02.